The van der Waals surface area contributed by atoms with Gasteiger partial charge in [-0.15, -0.1) is 23.5 Å². The maximum absolute atomic E-state index is 6.28. The lowest BCUT2D eigenvalue weighted by molar-refractivity contribution is 1.11. The molecule has 0 N–H and O–H groups in total. The van der Waals surface area contributed by atoms with Crippen LogP contribution >= 0.6 is 46.7 Å². The Morgan fingerprint density at radius 2 is 1.81 bits per heavy atom. The van der Waals surface area contributed by atoms with Crippen LogP contribution in [-0.4, -0.2) is 16.1 Å². The van der Waals surface area contributed by atoms with E-state index in [1.807, 2.05) is 47.8 Å². The van der Waals surface area contributed by atoms with Crippen molar-refractivity contribution in [2.75, 3.05) is 11.5 Å². The Morgan fingerprint density at radius 1 is 1.19 bits per heavy atom. The Labute approximate surface area is 115 Å². The average molecular weight is 291 g/mol. The minimum atomic E-state index is 0.497. The lowest BCUT2D eigenvalue weighted by Crippen LogP contribution is -2.03. The molecule has 0 radical (unpaired) electrons. The van der Waals surface area contributed by atoms with Crippen molar-refractivity contribution >= 4 is 51.8 Å². The molecule has 1 aromatic rings. The third-order valence-corrected chi connectivity index (χ3v) is 5.65. The summed E-state index contributed by atoms with van der Waals surface area (Å²) < 4.78 is 0.497. The van der Waals surface area contributed by atoms with Gasteiger partial charge in [-0.05, 0) is 41.7 Å². The van der Waals surface area contributed by atoms with Crippen LogP contribution in [0.15, 0.2) is 30.3 Å². The van der Waals surface area contributed by atoms with E-state index in [2.05, 4.69) is 6.08 Å². The third-order valence-electron chi connectivity index (χ3n) is 2.26. The highest BCUT2D eigenvalue weighted by molar-refractivity contribution is 8.17. The average Bonchev–Trinajstić information content (AvgIpc) is 2.31. The summed E-state index contributed by atoms with van der Waals surface area (Å²) in [7, 11) is 0. The van der Waals surface area contributed by atoms with Gasteiger partial charge in [0.05, 0.1) is 4.58 Å². The van der Waals surface area contributed by atoms with Crippen molar-refractivity contribution in [1.29, 1.82) is 0 Å². The Balaban J connectivity index is 2.07. The quantitative estimate of drug-likeness (QED) is 0.742. The largest absolute Gasteiger partial charge is 0.143 e. The molecule has 86 valence electrons. The molecule has 0 aromatic heterocycles. The van der Waals surface area contributed by atoms with E-state index in [9.17, 15) is 0 Å². The molecular formula is C12H12Cl2S2. The van der Waals surface area contributed by atoms with E-state index >= 15 is 0 Å². The zero-order chi connectivity index (χ0) is 11.4. The van der Waals surface area contributed by atoms with Gasteiger partial charge in [0.25, 0.3) is 0 Å². The van der Waals surface area contributed by atoms with Crippen LogP contribution in [0.4, 0.5) is 0 Å². The summed E-state index contributed by atoms with van der Waals surface area (Å²) in [4.78, 5) is 0. The van der Waals surface area contributed by atoms with E-state index in [0.29, 0.717) is 4.58 Å². The fourth-order valence-corrected chi connectivity index (χ4v) is 4.65. The highest BCUT2D eigenvalue weighted by Crippen LogP contribution is 2.34. The smallest absolute Gasteiger partial charge is 0.0699 e. The Morgan fingerprint density at radius 3 is 2.44 bits per heavy atom. The Kier molecular flexibility index (Phi) is 4.96. The summed E-state index contributed by atoms with van der Waals surface area (Å²) in [5.41, 5.74) is 1.04. The molecule has 1 aromatic carbocycles. The number of rotatable bonds is 2. The lowest BCUT2D eigenvalue weighted by atomic mass is 10.2. The van der Waals surface area contributed by atoms with Crippen molar-refractivity contribution in [3.8, 4) is 0 Å². The fraction of sp³-hybridized carbons (Fsp3) is 0.333. The van der Waals surface area contributed by atoms with Crippen LogP contribution in [0.3, 0.4) is 0 Å². The van der Waals surface area contributed by atoms with Gasteiger partial charge in [0.2, 0.25) is 0 Å². The van der Waals surface area contributed by atoms with Gasteiger partial charge in [-0.1, -0.05) is 35.3 Å². The molecule has 0 aliphatic carbocycles. The molecule has 0 amide bonds. The highest BCUT2D eigenvalue weighted by atomic mass is 35.5. The number of halogens is 2. The van der Waals surface area contributed by atoms with Crippen LogP contribution < -0.4 is 0 Å². The second-order valence-corrected chi connectivity index (χ2v) is 7.13. The van der Waals surface area contributed by atoms with Crippen LogP contribution in [0, 0.1) is 0 Å². The van der Waals surface area contributed by atoms with Gasteiger partial charge < -0.3 is 0 Å². The molecule has 0 atom stereocenters. The maximum Gasteiger partial charge on any atom is 0.0699 e. The zero-order valence-electron chi connectivity index (χ0n) is 8.66. The van der Waals surface area contributed by atoms with Crippen molar-refractivity contribution in [3.63, 3.8) is 0 Å². The van der Waals surface area contributed by atoms with E-state index in [1.165, 1.54) is 17.9 Å². The van der Waals surface area contributed by atoms with Crippen LogP contribution in [0.1, 0.15) is 12.0 Å². The highest BCUT2D eigenvalue weighted by Gasteiger charge is 2.12. The zero-order valence-corrected chi connectivity index (χ0v) is 11.8. The molecule has 0 spiro atoms. The summed E-state index contributed by atoms with van der Waals surface area (Å²) in [6.45, 7) is 0. The number of hydrogen-bond donors (Lipinski definition) is 0. The first-order chi connectivity index (χ1) is 7.75. The third kappa shape index (κ3) is 3.63. The molecular weight excluding hydrogens is 279 g/mol. The minimum absolute atomic E-state index is 0.497. The van der Waals surface area contributed by atoms with Crippen LogP contribution in [-0.2, 0) is 0 Å². The fourth-order valence-electron chi connectivity index (χ4n) is 1.43. The number of hydrogen-bond acceptors (Lipinski definition) is 2. The van der Waals surface area contributed by atoms with Gasteiger partial charge >= 0.3 is 0 Å². The van der Waals surface area contributed by atoms with Gasteiger partial charge in [-0.2, -0.15) is 0 Å². The second kappa shape index (κ2) is 6.25. The molecule has 2 rings (SSSR count). The maximum atomic E-state index is 6.28. The van der Waals surface area contributed by atoms with Gasteiger partial charge in [-0.25, -0.2) is 0 Å². The van der Waals surface area contributed by atoms with Crippen molar-refractivity contribution in [3.05, 3.63) is 40.9 Å². The van der Waals surface area contributed by atoms with Crippen LogP contribution in [0.2, 0.25) is 5.02 Å². The number of benzene rings is 1. The molecule has 0 nitrogen and oxygen atoms in total. The van der Waals surface area contributed by atoms with Gasteiger partial charge in [-0.3, -0.25) is 0 Å². The molecule has 4 heteroatoms. The van der Waals surface area contributed by atoms with E-state index in [0.717, 1.165) is 15.6 Å². The molecule has 1 aliphatic rings. The molecule has 0 saturated carbocycles. The standard InChI is InChI=1S/C12H12Cl2S2/c13-10-4-2-9(3-5-10)11(14)8-12-15-6-1-7-16-12/h2-5,8,12H,1,6-7H2/b11-8-. The summed E-state index contributed by atoms with van der Waals surface area (Å²) in [6, 6.07) is 7.65. The Bertz CT molecular complexity index is 367. The monoisotopic (exact) mass is 290 g/mol. The molecule has 1 saturated heterocycles. The topological polar surface area (TPSA) is 0 Å². The minimum Gasteiger partial charge on any atom is -0.143 e. The van der Waals surface area contributed by atoms with E-state index in [4.69, 9.17) is 23.2 Å². The summed E-state index contributed by atoms with van der Waals surface area (Å²) in [5.74, 6) is 2.47. The van der Waals surface area contributed by atoms with Crippen LogP contribution in [0.5, 0.6) is 0 Å². The predicted octanol–water partition coefficient (Wildman–Crippen LogP) is 5.12. The molecule has 16 heavy (non-hydrogen) atoms. The van der Waals surface area contributed by atoms with Gasteiger partial charge in [0.1, 0.15) is 0 Å². The van der Waals surface area contributed by atoms with Crippen molar-refractivity contribution < 1.29 is 0 Å². The van der Waals surface area contributed by atoms with E-state index < -0.39 is 0 Å². The first kappa shape index (κ1) is 12.7. The van der Waals surface area contributed by atoms with Crippen LogP contribution in [0.25, 0.3) is 5.03 Å². The predicted molar refractivity (Wildman–Crippen MR) is 78.6 cm³/mol. The van der Waals surface area contributed by atoms with Gasteiger partial charge in [0.15, 0.2) is 0 Å². The summed E-state index contributed by atoms with van der Waals surface area (Å²) in [5, 5.41) is 1.57. The molecule has 0 bridgehead atoms. The van der Waals surface area contributed by atoms with Crippen molar-refractivity contribution in [2.45, 2.75) is 11.0 Å². The SMILES string of the molecule is Cl/C(=C\C1SCCCS1)c1ccc(Cl)cc1. The lowest BCUT2D eigenvalue weighted by Gasteiger charge is -2.17. The normalized spacial score (nSPS) is 18.8. The molecule has 0 unspecified atom stereocenters. The summed E-state index contributed by atoms with van der Waals surface area (Å²) in [6.07, 6.45) is 3.44. The molecule has 1 aliphatic heterocycles. The Hall–Kier alpha value is 0.240. The van der Waals surface area contributed by atoms with Crippen molar-refractivity contribution in [2.24, 2.45) is 0 Å². The molecule has 1 fully saturated rings. The van der Waals surface area contributed by atoms with E-state index in [-0.39, 0.29) is 0 Å². The van der Waals surface area contributed by atoms with Gasteiger partial charge in [0, 0.05) is 10.1 Å². The van der Waals surface area contributed by atoms with E-state index in [1.54, 1.807) is 0 Å². The molecule has 1 heterocycles. The first-order valence-corrected chi connectivity index (χ1v) is 7.97. The first-order valence-electron chi connectivity index (χ1n) is 5.12. The summed E-state index contributed by atoms with van der Waals surface area (Å²) >= 11 is 16.1. The number of thioether (sulfide) groups is 2. The van der Waals surface area contributed by atoms with Crippen molar-refractivity contribution in [1.82, 2.24) is 0 Å². The second-order valence-electron chi connectivity index (χ2n) is 3.49.